The fraction of sp³-hybridized carbons (Fsp3) is 0.200. The molecule has 0 radical (unpaired) electrons. The molecule has 5 heteroatoms. The van der Waals surface area contributed by atoms with Crippen LogP contribution in [0.3, 0.4) is 0 Å². The summed E-state index contributed by atoms with van der Waals surface area (Å²) in [7, 11) is 1.63. The van der Waals surface area contributed by atoms with Crippen molar-refractivity contribution in [2.24, 2.45) is 10.8 Å². The summed E-state index contributed by atoms with van der Waals surface area (Å²) in [5.74, 6) is 5.72. The van der Waals surface area contributed by atoms with Crippen LogP contribution < -0.4 is 16.6 Å². The highest BCUT2D eigenvalue weighted by Crippen LogP contribution is 2.03. The van der Waals surface area contributed by atoms with Crippen molar-refractivity contribution >= 4 is 5.96 Å². The van der Waals surface area contributed by atoms with Crippen molar-refractivity contribution in [3.8, 4) is 6.07 Å². The molecule has 15 heavy (non-hydrogen) atoms. The number of hydrogen-bond acceptors (Lipinski definition) is 3. The Morgan fingerprint density at radius 1 is 1.60 bits per heavy atom. The van der Waals surface area contributed by atoms with Crippen LogP contribution in [-0.2, 0) is 6.54 Å². The van der Waals surface area contributed by atoms with E-state index in [0.29, 0.717) is 18.1 Å². The molecular formula is C10H13N5. The third kappa shape index (κ3) is 3.29. The SMILES string of the molecule is CN=C(NN)NCc1cccc(C#N)c1. The van der Waals surface area contributed by atoms with Gasteiger partial charge in [-0.2, -0.15) is 5.26 Å². The fourth-order valence-corrected chi connectivity index (χ4v) is 1.13. The Kier molecular flexibility index (Phi) is 4.13. The van der Waals surface area contributed by atoms with E-state index in [9.17, 15) is 0 Å². The summed E-state index contributed by atoms with van der Waals surface area (Å²) < 4.78 is 0. The number of rotatable bonds is 2. The maximum atomic E-state index is 8.71. The van der Waals surface area contributed by atoms with Crippen LogP contribution >= 0.6 is 0 Å². The van der Waals surface area contributed by atoms with Gasteiger partial charge in [0.25, 0.3) is 0 Å². The van der Waals surface area contributed by atoms with Crippen LogP contribution in [0.4, 0.5) is 0 Å². The van der Waals surface area contributed by atoms with Crippen LogP contribution in [-0.4, -0.2) is 13.0 Å². The Labute approximate surface area is 88.6 Å². The summed E-state index contributed by atoms with van der Waals surface area (Å²) in [4.78, 5) is 3.87. The molecular weight excluding hydrogens is 190 g/mol. The summed E-state index contributed by atoms with van der Waals surface area (Å²) in [6.45, 7) is 0.576. The highest BCUT2D eigenvalue weighted by molar-refractivity contribution is 5.78. The molecule has 0 unspecified atom stereocenters. The minimum atomic E-state index is 0.511. The van der Waals surface area contributed by atoms with Gasteiger partial charge < -0.3 is 5.32 Å². The first-order valence-electron chi connectivity index (χ1n) is 4.46. The van der Waals surface area contributed by atoms with E-state index < -0.39 is 0 Å². The van der Waals surface area contributed by atoms with Gasteiger partial charge in [-0.15, -0.1) is 0 Å². The van der Waals surface area contributed by atoms with Gasteiger partial charge in [0.15, 0.2) is 0 Å². The Bertz CT molecular complexity index is 391. The average molecular weight is 203 g/mol. The Balaban J connectivity index is 2.62. The van der Waals surface area contributed by atoms with Gasteiger partial charge in [0.2, 0.25) is 5.96 Å². The Morgan fingerprint density at radius 2 is 2.40 bits per heavy atom. The van der Waals surface area contributed by atoms with Crippen molar-refractivity contribution < 1.29 is 0 Å². The molecule has 0 saturated carbocycles. The van der Waals surface area contributed by atoms with Gasteiger partial charge in [-0.1, -0.05) is 12.1 Å². The van der Waals surface area contributed by atoms with Gasteiger partial charge in [-0.25, -0.2) is 5.84 Å². The van der Waals surface area contributed by atoms with E-state index in [2.05, 4.69) is 21.8 Å². The molecule has 5 nitrogen and oxygen atoms in total. The van der Waals surface area contributed by atoms with E-state index in [4.69, 9.17) is 11.1 Å². The van der Waals surface area contributed by atoms with E-state index in [0.717, 1.165) is 5.56 Å². The van der Waals surface area contributed by atoms with E-state index >= 15 is 0 Å². The number of nitriles is 1. The molecule has 1 aromatic carbocycles. The molecule has 0 aliphatic heterocycles. The number of nitrogens with zero attached hydrogens (tertiary/aromatic N) is 2. The van der Waals surface area contributed by atoms with E-state index in [1.165, 1.54) is 0 Å². The van der Waals surface area contributed by atoms with E-state index in [-0.39, 0.29) is 0 Å². The van der Waals surface area contributed by atoms with Gasteiger partial charge in [0.05, 0.1) is 11.6 Å². The predicted octanol–water partition coefficient (Wildman–Crippen LogP) is 0.0970. The summed E-state index contributed by atoms with van der Waals surface area (Å²) >= 11 is 0. The monoisotopic (exact) mass is 203 g/mol. The minimum absolute atomic E-state index is 0.511. The Hall–Kier alpha value is -2.06. The normalized spacial score (nSPS) is 10.6. The van der Waals surface area contributed by atoms with Crippen LogP contribution in [0.25, 0.3) is 0 Å². The second-order valence-electron chi connectivity index (χ2n) is 2.88. The summed E-state index contributed by atoms with van der Waals surface area (Å²) in [5, 5.41) is 11.7. The lowest BCUT2D eigenvalue weighted by Crippen LogP contribution is -2.40. The highest BCUT2D eigenvalue weighted by atomic mass is 15.3. The quantitative estimate of drug-likeness (QED) is 0.275. The maximum absolute atomic E-state index is 8.71. The van der Waals surface area contributed by atoms with Crippen molar-refractivity contribution in [3.63, 3.8) is 0 Å². The van der Waals surface area contributed by atoms with Crippen LogP contribution in [0.15, 0.2) is 29.3 Å². The first-order valence-corrected chi connectivity index (χ1v) is 4.46. The number of nitrogens with two attached hydrogens (primary N) is 1. The van der Waals surface area contributed by atoms with Crippen molar-refractivity contribution in [1.82, 2.24) is 10.7 Å². The van der Waals surface area contributed by atoms with Crippen LogP contribution in [0, 0.1) is 11.3 Å². The zero-order valence-electron chi connectivity index (χ0n) is 8.49. The van der Waals surface area contributed by atoms with Gasteiger partial charge in [-0.3, -0.25) is 10.4 Å². The third-order valence-corrected chi connectivity index (χ3v) is 1.88. The van der Waals surface area contributed by atoms with Crippen LogP contribution in [0.2, 0.25) is 0 Å². The van der Waals surface area contributed by atoms with Crippen molar-refractivity contribution in [3.05, 3.63) is 35.4 Å². The van der Waals surface area contributed by atoms with Gasteiger partial charge in [-0.05, 0) is 17.7 Å². The van der Waals surface area contributed by atoms with Gasteiger partial charge in [0.1, 0.15) is 0 Å². The molecule has 0 atom stereocenters. The molecule has 0 bridgehead atoms. The molecule has 0 saturated heterocycles. The molecule has 78 valence electrons. The third-order valence-electron chi connectivity index (χ3n) is 1.88. The van der Waals surface area contributed by atoms with Crippen molar-refractivity contribution in [2.45, 2.75) is 6.54 Å². The predicted molar refractivity (Wildman–Crippen MR) is 58.7 cm³/mol. The number of guanidine groups is 1. The number of hydrazine groups is 1. The summed E-state index contributed by atoms with van der Waals surface area (Å²) in [5.41, 5.74) is 4.07. The number of aliphatic imine (C=N–C) groups is 1. The molecule has 1 rings (SSSR count). The van der Waals surface area contributed by atoms with E-state index in [1.807, 2.05) is 18.2 Å². The molecule has 0 amide bonds. The second-order valence-corrected chi connectivity index (χ2v) is 2.88. The van der Waals surface area contributed by atoms with Gasteiger partial charge in [0, 0.05) is 13.6 Å². The van der Waals surface area contributed by atoms with Crippen molar-refractivity contribution in [2.75, 3.05) is 7.05 Å². The molecule has 0 aromatic heterocycles. The average Bonchev–Trinajstić information content (AvgIpc) is 2.31. The highest BCUT2D eigenvalue weighted by Gasteiger charge is 1.96. The summed E-state index contributed by atoms with van der Waals surface area (Å²) in [6, 6.07) is 9.43. The standard InChI is InChI=1S/C10H13N5/c1-13-10(15-12)14-7-9-4-2-3-8(5-9)6-11/h2-5H,7,12H2,1H3,(H2,13,14,15). The lowest BCUT2D eigenvalue weighted by molar-refractivity contribution is 0.840. The number of nitrogens with one attached hydrogen (secondary N) is 2. The molecule has 0 spiro atoms. The second kappa shape index (κ2) is 5.62. The van der Waals surface area contributed by atoms with Crippen molar-refractivity contribution in [1.29, 1.82) is 5.26 Å². The zero-order chi connectivity index (χ0) is 11.1. The molecule has 0 heterocycles. The van der Waals surface area contributed by atoms with Crippen LogP contribution in [0.5, 0.6) is 0 Å². The Morgan fingerprint density at radius 3 is 3.00 bits per heavy atom. The smallest absolute Gasteiger partial charge is 0.205 e. The first kappa shape index (κ1) is 11.0. The zero-order valence-corrected chi connectivity index (χ0v) is 8.49. The molecule has 0 aliphatic carbocycles. The van der Waals surface area contributed by atoms with Gasteiger partial charge >= 0.3 is 0 Å². The lowest BCUT2D eigenvalue weighted by Gasteiger charge is -2.07. The molecule has 1 aromatic rings. The molecule has 0 fully saturated rings. The molecule has 0 aliphatic rings. The fourth-order valence-electron chi connectivity index (χ4n) is 1.13. The largest absolute Gasteiger partial charge is 0.351 e. The minimum Gasteiger partial charge on any atom is -0.351 e. The molecule has 4 N–H and O–H groups in total. The summed E-state index contributed by atoms with van der Waals surface area (Å²) in [6.07, 6.45) is 0. The lowest BCUT2D eigenvalue weighted by atomic mass is 10.1. The maximum Gasteiger partial charge on any atom is 0.205 e. The van der Waals surface area contributed by atoms with Crippen LogP contribution in [0.1, 0.15) is 11.1 Å². The number of benzene rings is 1. The first-order chi connectivity index (χ1) is 7.30. The number of hydrogen-bond donors (Lipinski definition) is 3. The topological polar surface area (TPSA) is 86.2 Å². The van der Waals surface area contributed by atoms with E-state index in [1.54, 1.807) is 13.1 Å².